The number of ketones is 1. The Morgan fingerprint density at radius 1 is 1.35 bits per heavy atom. The molecule has 2 aromatic heterocycles. The summed E-state index contributed by atoms with van der Waals surface area (Å²) in [6.45, 7) is -0.162. The molecule has 3 aromatic rings. The van der Waals surface area contributed by atoms with Gasteiger partial charge in [0.25, 0.3) is 0 Å². The SMILES string of the molecule is O=C(Cn1nccc1[N+](=O)[O-])c1c[nH]c2ccccc12. The summed E-state index contributed by atoms with van der Waals surface area (Å²) in [4.78, 5) is 25.5. The summed E-state index contributed by atoms with van der Waals surface area (Å²) in [7, 11) is 0. The lowest BCUT2D eigenvalue weighted by molar-refractivity contribution is -0.392. The average Bonchev–Trinajstić information content (AvgIpc) is 3.04. The van der Waals surface area contributed by atoms with E-state index in [9.17, 15) is 14.9 Å². The van der Waals surface area contributed by atoms with Crippen LogP contribution in [-0.4, -0.2) is 25.5 Å². The number of nitrogens with zero attached hydrogens (tertiary/aromatic N) is 3. The van der Waals surface area contributed by atoms with Gasteiger partial charge in [-0.1, -0.05) is 23.3 Å². The Morgan fingerprint density at radius 2 is 2.15 bits per heavy atom. The minimum atomic E-state index is -0.560. The van der Waals surface area contributed by atoms with E-state index in [2.05, 4.69) is 10.1 Å². The van der Waals surface area contributed by atoms with Gasteiger partial charge >= 0.3 is 5.82 Å². The van der Waals surface area contributed by atoms with Crippen LogP contribution < -0.4 is 0 Å². The van der Waals surface area contributed by atoms with Gasteiger partial charge in [0.15, 0.2) is 6.54 Å². The third-order valence-electron chi connectivity index (χ3n) is 3.06. The van der Waals surface area contributed by atoms with E-state index < -0.39 is 4.92 Å². The fourth-order valence-corrected chi connectivity index (χ4v) is 2.13. The molecule has 0 aliphatic rings. The van der Waals surface area contributed by atoms with Crippen molar-refractivity contribution in [2.45, 2.75) is 6.54 Å². The lowest BCUT2D eigenvalue weighted by Crippen LogP contribution is -2.13. The van der Waals surface area contributed by atoms with Crippen molar-refractivity contribution < 1.29 is 9.72 Å². The molecule has 7 heteroatoms. The number of para-hydroxylation sites is 1. The third kappa shape index (κ3) is 1.95. The maximum Gasteiger partial charge on any atom is 0.345 e. The topological polar surface area (TPSA) is 93.8 Å². The molecule has 0 saturated carbocycles. The summed E-state index contributed by atoms with van der Waals surface area (Å²) in [5.74, 6) is -0.424. The second-order valence-electron chi connectivity index (χ2n) is 4.28. The van der Waals surface area contributed by atoms with E-state index in [0.29, 0.717) is 5.56 Å². The van der Waals surface area contributed by atoms with Gasteiger partial charge in [-0.05, 0) is 11.0 Å². The van der Waals surface area contributed by atoms with Gasteiger partial charge in [0.2, 0.25) is 5.78 Å². The molecular formula is C13H10N4O3. The highest BCUT2D eigenvalue weighted by molar-refractivity contribution is 6.07. The van der Waals surface area contributed by atoms with Crippen molar-refractivity contribution >= 4 is 22.5 Å². The highest BCUT2D eigenvalue weighted by atomic mass is 16.6. The van der Waals surface area contributed by atoms with Gasteiger partial charge in [0.1, 0.15) is 0 Å². The molecule has 0 amide bonds. The number of carbonyl (C=O) groups is 1. The van der Waals surface area contributed by atoms with Crippen molar-refractivity contribution in [2.24, 2.45) is 0 Å². The molecule has 1 N–H and O–H groups in total. The molecule has 0 unspecified atom stereocenters. The number of fused-ring (bicyclic) bond motifs is 1. The van der Waals surface area contributed by atoms with Crippen LogP contribution in [0, 0.1) is 10.1 Å². The van der Waals surface area contributed by atoms with Crippen molar-refractivity contribution in [3.63, 3.8) is 0 Å². The number of H-pyrrole nitrogens is 1. The van der Waals surface area contributed by atoms with Gasteiger partial charge in [0, 0.05) is 22.7 Å². The van der Waals surface area contributed by atoms with E-state index in [0.717, 1.165) is 15.6 Å². The molecule has 7 nitrogen and oxygen atoms in total. The molecule has 1 aromatic carbocycles. The Morgan fingerprint density at radius 3 is 2.95 bits per heavy atom. The molecule has 0 bridgehead atoms. The van der Waals surface area contributed by atoms with Crippen LogP contribution in [0.4, 0.5) is 5.82 Å². The summed E-state index contributed by atoms with van der Waals surface area (Å²) >= 11 is 0. The first-order valence-corrected chi connectivity index (χ1v) is 5.92. The number of nitro groups is 1. The summed E-state index contributed by atoms with van der Waals surface area (Å²) in [6.07, 6.45) is 2.92. The second kappa shape index (κ2) is 4.61. The smallest absolute Gasteiger partial charge is 0.345 e. The van der Waals surface area contributed by atoms with Crippen molar-refractivity contribution in [1.29, 1.82) is 0 Å². The van der Waals surface area contributed by atoms with Crippen LogP contribution in [0.3, 0.4) is 0 Å². The van der Waals surface area contributed by atoms with Gasteiger partial charge in [-0.25, -0.2) is 0 Å². The van der Waals surface area contributed by atoms with Crippen LogP contribution in [0.15, 0.2) is 42.7 Å². The second-order valence-corrected chi connectivity index (χ2v) is 4.28. The van der Waals surface area contributed by atoms with Crippen LogP contribution in [0.5, 0.6) is 0 Å². The number of hydrogen-bond donors (Lipinski definition) is 1. The minimum Gasteiger partial charge on any atom is -0.360 e. The highest BCUT2D eigenvalue weighted by Crippen LogP contribution is 2.19. The van der Waals surface area contributed by atoms with E-state index in [1.165, 1.54) is 12.3 Å². The number of aromatic amines is 1. The van der Waals surface area contributed by atoms with Crippen LogP contribution in [0.1, 0.15) is 10.4 Å². The Kier molecular flexibility index (Phi) is 2.79. The van der Waals surface area contributed by atoms with Crippen molar-refractivity contribution in [3.05, 3.63) is 58.4 Å². The zero-order valence-corrected chi connectivity index (χ0v) is 10.3. The Hall–Kier alpha value is -2.96. The normalized spacial score (nSPS) is 10.8. The van der Waals surface area contributed by atoms with E-state index in [1.807, 2.05) is 24.3 Å². The molecule has 0 aliphatic heterocycles. The van der Waals surface area contributed by atoms with Crippen LogP contribution in [-0.2, 0) is 6.54 Å². The standard InChI is InChI=1S/C13H10N4O3/c18-12(8-16-13(17(19)20)5-6-15-16)10-7-14-11-4-2-1-3-9(10)11/h1-7,14H,8H2. The number of carbonyl (C=O) groups excluding carboxylic acids is 1. The van der Waals surface area contributed by atoms with E-state index in [1.54, 1.807) is 6.20 Å². The molecule has 20 heavy (non-hydrogen) atoms. The maximum absolute atomic E-state index is 12.3. The fraction of sp³-hybridized carbons (Fsp3) is 0.0769. The first kappa shape index (κ1) is 12.1. The molecule has 0 spiro atoms. The molecule has 100 valence electrons. The largest absolute Gasteiger partial charge is 0.360 e. The number of aromatic nitrogens is 3. The van der Waals surface area contributed by atoms with Gasteiger partial charge in [-0.3, -0.25) is 4.79 Å². The number of rotatable bonds is 4. The monoisotopic (exact) mass is 270 g/mol. The van der Waals surface area contributed by atoms with Gasteiger partial charge in [0.05, 0.1) is 12.3 Å². The Balaban J connectivity index is 1.93. The van der Waals surface area contributed by atoms with Crippen molar-refractivity contribution in [3.8, 4) is 0 Å². The van der Waals surface area contributed by atoms with E-state index in [-0.39, 0.29) is 18.1 Å². The van der Waals surface area contributed by atoms with Crippen molar-refractivity contribution in [1.82, 2.24) is 14.8 Å². The van der Waals surface area contributed by atoms with Crippen LogP contribution in [0.2, 0.25) is 0 Å². The lowest BCUT2D eigenvalue weighted by atomic mass is 10.1. The summed E-state index contributed by atoms with van der Waals surface area (Å²) in [5, 5.41) is 15.4. The Labute approximate surface area is 113 Å². The molecule has 0 aliphatic carbocycles. The number of Topliss-reactive ketones (excluding diaryl/α,β-unsaturated/α-hetero) is 1. The number of nitrogens with one attached hydrogen (secondary N) is 1. The van der Waals surface area contributed by atoms with E-state index >= 15 is 0 Å². The fourth-order valence-electron chi connectivity index (χ4n) is 2.13. The van der Waals surface area contributed by atoms with Gasteiger partial charge < -0.3 is 15.1 Å². The predicted octanol–water partition coefficient (Wildman–Crippen LogP) is 2.16. The lowest BCUT2D eigenvalue weighted by Gasteiger charge is -1.99. The first-order valence-electron chi connectivity index (χ1n) is 5.92. The molecule has 0 atom stereocenters. The number of hydrogen-bond acceptors (Lipinski definition) is 4. The quantitative estimate of drug-likeness (QED) is 0.446. The molecular weight excluding hydrogens is 260 g/mol. The summed E-state index contributed by atoms with van der Waals surface area (Å²) < 4.78 is 1.09. The first-order chi connectivity index (χ1) is 9.66. The molecule has 3 rings (SSSR count). The molecule has 0 radical (unpaired) electrons. The molecule has 2 heterocycles. The third-order valence-corrected chi connectivity index (χ3v) is 3.06. The predicted molar refractivity (Wildman–Crippen MR) is 71.5 cm³/mol. The summed E-state index contributed by atoms with van der Waals surface area (Å²) in [6, 6.07) is 8.66. The zero-order chi connectivity index (χ0) is 14.1. The Bertz CT molecular complexity index is 803. The average molecular weight is 270 g/mol. The van der Waals surface area contributed by atoms with Gasteiger partial charge in [-0.15, -0.1) is 4.68 Å². The van der Waals surface area contributed by atoms with E-state index in [4.69, 9.17) is 0 Å². The minimum absolute atomic E-state index is 0.162. The highest BCUT2D eigenvalue weighted by Gasteiger charge is 2.20. The maximum atomic E-state index is 12.3. The zero-order valence-electron chi connectivity index (χ0n) is 10.3. The van der Waals surface area contributed by atoms with Crippen LogP contribution >= 0.6 is 0 Å². The van der Waals surface area contributed by atoms with Crippen LogP contribution in [0.25, 0.3) is 10.9 Å². The summed E-state index contributed by atoms with van der Waals surface area (Å²) in [5.41, 5.74) is 1.36. The number of benzene rings is 1. The molecule has 0 saturated heterocycles. The van der Waals surface area contributed by atoms with Gasteiger partial charge in [-0.2, -0.15) is 0 Å². The molecule has 0 fully saturated rings. The van der Waals surface area contributed by atoms with Crippen molar-refractivity contribution in [2.75, 3.05) is 0 Å².